The maximum Gasteiger partial charge on any atom is 0.249 e. The predicted molar refractivity (Wildman–Crippen MR) is 70.5 cm³/mol. The number of nitrogens with zero attached hydrogens (tertiary/aromatic N) is 3. The smallest absolute Gasteiger partial charge is 0.249 e. The summed E-state index contributed by atoms with van der Waals surface area (Å²) in [6, 6.07) is 7.58. The van der Waals surface area contributed by atoms with E-state index in [1.54, 1.807) is 6.20 Å². The summed E-state index contributed by atoms with van der Waals surface area (Å²) in [6.45, 7) is 0.947. The topological polar surface area (TPSA) is 29.0 Å². The van der Waals surface area contributed by atoms with Crippen molar-refractivity contribution in [2.75, 3.05) is 18.0 Å². The van der Waals surface area contributed by atoms with Crippen LogP contribution in [0.3, 0.4) is 0 Å². The van der Waals surface area contributed by atoms with Gasteiger partial charge in [0, 0.05) is 25.9 Å². The monoisotopic (exact) mass is 263 g/mol. The molecule has 19 heavy (non-hydrogen) atoms. The van der Waals surface area contributed by atoms with Crippen molar-refractivity contribution in [1.29, 1.82) is 0 Å². The first-order chi connectivity index (χ1) is 9.14. The zero-order valence-electron chi connectivity index (χ0n) is 10.5. The molecule has 0 spiro atoms. The number of fused-ring (bicyclic) bond motifs is 1. The first-order valence-corrected chi connectivity index (χ1v) is 6.49. The van der Waals surface area contributed by atoms with Crippen LogP contribution in [0.5, 0.6) is 0 Å². The Hall–Kier alpha value is -1.78. The maximum absolute atomic E-state index is 13.3. The highest BCUT2D eigenvalue weighted by Crippen LogP contribution is 2.29. The summed E-state index contributed by atoms with van der Waals surface area (Å²) in [5.41, 5.74) is 1.63. The van der Waals surface area contributed by atoms with Crippen molar-refractivity contribution < 1.29 is 8.78 Å². The minimum absolute atomic E-state index is 0.0372. The molecule has 1 aliphatic rings. The Morgan fingerprint density at radius 3 is 2.68 bits per heavy atom. The van der Waals surface area contributed by atoms with Crippen LogP contribution in [0.25, 0.3) is 11.0 Å². The average Bonchev–Trinajstić information content (AvgIpc) is 2.59. The van der Waals surface area contributed by atoms with Crippen molar-refractivity contribution in [1.82, 2.24) is 9.97 Å². The molecule has 1 aromatic heterocycles. The van der Waals surface area contributed by atoms with E-state index in [9.17, 15) is 8.78 Å². The van der Waals surface area contributed by atoms with Crippen LogP contribution in [0.1, 0.15) is 19.3 Å². The van der Waals surface area contributed by atoms with Crippen molar-refractivity contribution in [3.8, 4) is 0 Å². The first-order valence-electron chi connectivity index (χ1n) is 6.49. The summed E-state index contributed by atoms with van der Waals surface area (Å²) in [5, 5.41) is 0. The SMILES string of the molecule is FC1(F)CCCN(c2cnc3ccccc3n2)CC1. The molecule has 2 aromatic rings. The summed E-state index contributed by atoms with van der Waals surface area (Å²) >= 11 is 0. The molecule has 0 unspecified atom stereocenters. The number of para-hydroxylation sites is 2. The standard InChI is InChI=1S/C14H15F2N3/c15-14(16)6-3-8-19(9-7-14)13-10-17-11-4-1-2-5-12(11)18-13/h1-2,4-5,10H,3,6-9H2. The predicted octanol–water partition coefficient (Wildman–Crippen LogP) is 3.26. The molecule has 1 fully saturated rings. The van der Waals surface area contributed by atoms with Crippen LogP contribution in [-0.2, 0) is 0 Å². The lowest BCUT2D eigenvalue weighted by molar-refractivity contribution is -0.0102. The van der Waals surface area contributed by atoms with Crippen LogP contribution in [0, 0.1) is 0 Å². The van der Waals surface area contributed by atoms with Crippen LogP contribution >= 0.6 is 0 Å². The molecular formula is C14H15F2N3. The second kappa shape index (κ2) is 4.72. The number of alkyl halides is 2. The van der Waals surface area contributed by atoms with E-state index < -0.39 is 5.92 Å². The number of benzene rings is 1. The van der Waals surface area contributed by atoms with E-state index in [0.29, 0.717) is 25.3 Å². The van der Waals surface area contributed by atoms with Gasteiger partial charge in [-0.15, -0.1) is 0 Å². The third-order valence-corrected chi connectivity index (χ3v) is 3.48. The molecule has 100 valence electrons. The van der Waals surface area contributed by atoms with Gasteiger partial charge < -0.3 is 4.90 Å². The fourth-order valence-electron chi connectivity index (χ4n) is 2.39. The van der Waals surface area contributed by atoms with Crippen molar-refractivity contribution in [3.63, 3.8) is 0 Å². The van der Waals surface area contributed by atoms with Gasteiger partial charge >= 0.3 is 0 Å². The molecule has 3 rings (SSSR count). The highest BCUT2D eigenvalue weighted by Gasteiger charge is 2.32. The quantitative estimate of drug-likeness (QED) is 0.790. The molecule has 5 heteroatoms. The molecule has 0 amide bonds. The lowest BCUT2D eigenvalue weighted by atomic mass is 10.1. The molecule has 0 N–H and O–H groups in total. The Balaban J connectivity index is 1.87. The molecule has 1 saturated heterocycles. The molecule has 1 aliphatic heterocycles. The van der Waals surface area contributed by atoms with Gasteiger partial charge in [-0.25, -0.2) is 13.8 Å². The summed E-state index contributed by atoms with van der Waals surface area (Å²) < 4.78 is 26.7. The second-order valence-corrected chi connectivity index (χ2v) is 4.91. The van der Waals surface area contributed by atoms with Crippen molar-refractivity contribution in [3.05, 3.63) is 30.5 Å². The van der Waals surface area contributed by atoms with Gasteiger partial charge in [-0.2, -0.15) is 0 Å². The van der Waals surface area contributed by atoms with Crippen molar-refractivity contribution in [2.45, 2.75) is 25.2 Å². The van der Waals surface area contributed by atoms with Crippen LogP contribution in [0.15, 0.2) is 30.5 Å². The lowest BCUT2D eigenvalue weighted by Gasteiger charge is -2.21. The Kier molecular flexibility index (Phi) is 3.05. The molecule has 0 atom stereocenters. The zero-order chi connectivity index (χ0) is 13.3. The largest absolute Gasteiger partial charge is 0.355 e. The van der Waals surface area contributed by atoms with Crippen LogP contribution in [0.2, 0.25) is 0 Å². The van der Waals surface area contributed by atoms with Crippen molar-refractivity contribution >= 4 is 16.9 Å². The fraction of sp³-hybridized carbons (Fsp3) is 0.429. The molecule has 0 saturated carbocycles. The molecule has 3 nitrogen and oxygen atoms in total. The summed E-state index contributed by atoms with van der Waals surface area (Å²) in [7, 11) is 0. The highest BCUT2D eigenvalue weighted by molar-refractivity contribution is 5.75. The van der Waals surface area contributed by atoms with Crippen LogP contribution < -0.4 is 4.90 Å². The summed E-state index contributed by atoms with van der Waals surface area (Å²) in [4.78, 5) is 10.7. The Labute approximate surface area is 110 Å². The van der Waals surface area contributed by atoms with Crippen molar-refractivity contribution in [2.24, 2.45) is 0 Å². The van der Waals surface area contributed by atoms with Gasteiger partial charge in [0.1, 0.15) is 5.82 Å². The van der Waals surface area contributed by atoms with Gasteiger partial charge in [-0.3, -0.25) is 4.98 Å². The Morgan fingerprint density at radius 2 is 1.84 bits per heavy atom. The molecule has 1 aromatic carbocycles. The third kappa shape index (κ3) is 2.64. The molecule has 0 bridgehead atoms. The third-order valence-electron chi connectivity index (χ3n) is 3.48. The van der Waals surface area contributed by atoms with Gasteiger partial charge in [0.05, 0.1) is 17.2 Å². The number of aromatic nitrogens is 2. The fourth-order valence-corrected chi connectivity index (χ4v) is 2.39. The minimum Gasteiger partial charge on any atom is -0.355 e. The number of halogens is 2. The van der Waals surface area contributed by atoms with E-state index in [2.05, 4.69) is 9.97 Å². The van der Waals surface area contributed by atoms with E-state index in [-0.39, 0.29) is 12.8 Å². The van der Waals surface area contributed by atoms with E-state index in [0.717, 1.165) is 11.0 Å². The molecule has 2 heterocycles. The van der Waals surface area contributed by atoms with Crippen LogP contribution in [0.4, 0.5) is 14.6 Å². The van der Waals surface area contributed by atoms with Gasteiger partial charge in [-0.1, -0.05) is 12.1 Å². The summed E-state index contributed by atoms with van der Waals surface area (Å²) in [5.74, 6) is -1.85. The number of hydrogen-bond donors (Lipinski definition) is 0. The van der Waals surface area contributed by atoms with Gasteiger partial charge in [0.25, 0.3) is 0 Å². The van der Waals surface area contributed by atoms with E-state index in [1.165, 1.54) is 0 Å². The van der Waals surface area contributed by atoms with Gasteiger partial charge in [-0.05, 0) is 18.6 Å². The van der Waals surface area contributed by atoms with E-state index >= 15 is 0 Å². The normalized spacial score (nSPS) is 19.4. The number of hydrogen-bond acceptors (Lipinski definition) is 3. The first kappa shape index (κ1) is 12.3. The van der Waals surface area contributed by atoms with E-state index in [1.807, 2.05) is 29.2 Å². The Bertz CT molecular complexity index is 586. The van der Waals surface area contributed by atoms with Crippen LogP contribution in [-0.4, -0.2) is 29.0 Å². The minimum atomic E-state index is -2.54. The van der Waals surface area contributed by atoms with Gasteiger partial charge in [0.2, 0.25) is 5.92 Å². The average molecular weight is 263 g/mol. The highest BCUT2D eigenvalue weighted by atomic mass is 19.3. The molecular weight excluding hydrogens is 248 g/mol. The Morgan fingerprint density at radius 1 is 1.05 bits per heavy atom. The van der Waals surface area contributed by atoms with E-state index in [4.69, 9.17) is 0 Å². The second-order valence-electron chi connectivity index (χ2n) is 4.91. The summed E-state index contributed by atoms with van der Waals surface area (Å²) in [6.07, 6.45) is 2.01. The molecule has 0 aliphatic carbocycles. The maximum atomic E-state index is 13.3. The van der Waals surface area contributed by atoms with Gasteiger partial charge in [0.15, 0.2) is 0 Å². The zero-order valence-corrected chi connectivity index (χ0v) is 10.5. The molecule has 0 radical (unpaired) electrons. The number of rotatable bonds is 1. The lowest BCUT2D eigenvalue weighted by Crippen LogP contribution is -2.26. The number of anilines is 1.